The molecule has 0 heterocycles. The summed E-state index contributed by atoms with van der Waals surface area (Å²) in [5.74, 6) is -0.875. The van der Waals surface area contributed by atoms with E-state index in [-0.39, 0.29) is 23.6 Å². The van der Waals surface area contributed by atoms with Crippen molar-refractivity contribution >= 4 is 23.6 Å². The van der Waals surface area contributed by atoms with Crippen molar-refractivity contribution in [2.45, 2.75) is 70.9 Å². The van der Waals surface area contributed by atoms with Crippen LogP contribution in [0.5, 0.6) is 0 Å². The molecule has 37 heavy (non-hydrogen) atoms. The SMILES string of the molecule is C[C@H](NC(=O)c1ccccc1)C(=O)NCCCCCCCCCNC(=O)[C@H](C)NC(=O)c1ccccc1. The summed E-state index contributed by atoms with van der Waals surface area (Å²) in [7, 11) is 0. The molecule has 2 atom stereocenters. The van der Waals surface area contributed by atoms with Gasteiger partial charge in [0.15, 0.2) is 0 Å². The van der Waals surface area contributed by atoms with Crippen molar-refractivity contribution in [2.75, 3.05) is 13.1 Å². The highest BCUT2D eigenvalue weighted by Crippen LogP contribution is 2.07. The monoisotopic (exact) mass is 508 g/mol. The molecular weight excluding hydrogens is 468 g/mol. The molecule has 0 fully saturated rings. The van der Waals surface area contributed by atoms with Crippen LogP contribution in [-0.4, -0.2) is 48.8 Å². The van der Waals surface area contributed by atoms with Crippen molar-refractivity contribution in [3.8, 4) is 0 Å². The highest BCUT2D eigenvalue weighted by atomic mass is 16.2. The molecule has 2 rings (SSSR count). The molecule has 200 valence electrons. The number of hydrogen-bond donors (Lipinski definition) is 4. The molecule has 0 aliphatic heterocycles. The zero-order valence-electron chi connectivity index (χ0n) is 21.9. The van der Waals surface area contributed by atoms with E-state index in [0.717, 1.165) is 44.9 Å². The lowest BCUT2D eigenvalue weighted by atomic mass is 10.1. The number of carbonyl (C=O) groups excluding carboxylic acids is 4. The molecule has 0 saturated heterocycles. The number of rotatable bonds is 16. The number of hydrogen-bond acceptors (Lipinski definition) is 4. The van der Waals surface area contributed by atoms with Crippen molar-refractivity contribution in [3.63, 3.8) is 0 Å². The average Bonchev–Trinajstić information content (AvgIpc) is 2.92. The van der Waals surface area contributed by atoms with Gasteiger partial charge in [-0.1, -0.05) is 68.5 Å². The third-order valence-corrected chi connectivity index (χ3v) is 6.01. The summed E-state index contributed by atoms with van der Waals surface area (Å²) in [6.07, 6.45) is 7.13. The van der Waals surface area contributed by atoms with Crippen LogP contribution in [0.15, 0.2) is 60.7 Å². The van der Waals surface area contributed by atoms with E-state index in [1.54, 1.807) is 62.4 Å². The summed E-state index contributed by atoms with van der Waals surface area (Å²) in [5.41, 5.74) is 1.07. The van der Waals surface area contributed by atoms with Gasteiger partial charge in [0.25, 0.3) is 11.8 Å². The first-order valence-electron chi connectivity index (χ1n) is 13.2. The van der Waals surface area contributed by atoms with Gasteiger partial charge in [0.1, 0.15) is 12.1 Å². The first-order valence-corrected chi connectivity index (χ1v) is 13.2. The minimum absolute atomic E-state index is 0.180. The minimum Gasteiger partial charge on any atom is -0.354 e. The van der Waals surface area contributed by atoms with E-state index < -0.39 is 12.1 Å². The van der Waals surface area contributed by atoms with Crippen LogP contribution in [0.4, 0.5) is 0 Å². The van der Waals surface area contributed by atoms with Crippen LogP contribution in [0.2, 0.25) is 0 Å². The molecule has 8 heteroatoms. The molecule has 8 nitrogen and oxygen atoms in total. The van der Waals surface area contributed by atoms with Crippen molar-refractivity contribution in [1.29, 1.82) is 0 Å². The third-order valence-electron chi connectivity index (χ3n) is 6.01. The summed E-state index contributed by atoms with van der Waals surface area (Å²) in [6.45, 7) is 4.55. The highest BCUT2D eigenvalue weighted by Gasteiger charge is 2.16. The maximum atomic E-state index is 12.2. The Hall–Kier alpha value is -3.68. The quantitative estimate of drug-likeness (QED) is 0.259. The Kier molecular flexibility index (Phi) is 13.5. The normalized spacial score (nSPS) is 12.2. The third kappa shape index (κ3) is 11.7. The lowest BCUT2D eigenvalue weighted by Crippen LogP contribution is -2.45. The number of amides is 4. The molecule has 4 N–H and O–H groups in total. The van der Waals surface area contributed by atoms with Crippen LogP contribution in [0, 0.1) is 0 Å². The van der Waals surface area contributed by atoms with Crippen LogP contribution < -0.4 is 21.3 Å². The first kappa shape index (κ1) is 29.5. The van der Waals surface area contributed by atoms with E-state index in [4.69, 9.17) is 0 Å². The van der Waals surface area contributed by atoms with Crippen molar-refractivity contribution in [1.82, 2.24) is 21.3 Å². The Morgan fingerprint density at radius 2 is 0.865 bits per heavy atom. The predicted molar refractivity (Wildman–Crippen MR) is 145 cm³/mol. The maximum absolute atomic E-state index is 12.2. The smallest absolute Gasteiger partial charge is 0.251 e. The van der Waals surface area contributed by atoms with Gasteiger partial charge in [0, 0.05) is 24.2 Å². The number of carbonyl (C=O) groups is 4. The number of benzene rings is 2. The Bertz CT molecular complexity index is 902. The summed E-state index contributed by atoms with van der Waals surface area (Å²) in [5, 5.41) is 11.2. The van der Waals surface area contributed by atoms with Crippen LogP contribution in [0.25, 0.3) is 0 Å². The highest BCUT2D eigenvalue weighted by molar-refractivity contribution is 5.98. The standard InChI is InChI=1S/C29H40N4O4/c1-22(32-28(36)24-16-10-8-11-17-24)26(34)30-20-14-6-4-3-5-7-15-21-31-27(35)23(2)33-29(37)25-18-12-9-13-19-25/h8-13,16-19,22-23H,3-7,14-15,20-21H2,1-2H3,(H,30,34)(H,31,35)(H,32,36)(H,33,37)/t22-,23-/m0/s1. The van der Waals surface area contributed by atoms with Gasteiger partial charge in [-0.15, -0.1) is 0 Å². The topological polar surface area (TPSA) is 116 Å². The molecule has 0 aromatic heterocycles. The van der Waals surface area contributed by atoms with Gasteiger partial charge in [-0.3, -0.25) is 19.2 Å². The molecule has 0 aliphatic carbocycles. The van der Waals surface area contributed by atoms with E-state index in [0.29, 0.717) is 24.2 Å². The molecule has 2 aromatic rings. The average molecular weight is 509 g/mol. The van der Waals surface area contributed by atoms with Crippen LogP contribution in [0.1, 0.15) is 79.5 Å². The van der Waals surface area contributed by atoms with Gasteiger partial charge in [-0.2, -0.15) is 0 Å². The van der Waals surface area contributed by atoms with E-state index in [1.165, 1.54) is 0 Å². The lowest BCUT2D eigenvalue weighted by Gasteiger charge is -2.14. The van der Waals surface area contributed by atoms with Gasteiger partial charge < -0.3 is 21.3 Å². The fourth-order valence-corrected chi connectivity index (χ4v) is 3.73. The Morgan fingerprint density at radius 1 is 0.541 bits per heavy atom. The van der Waals surface area contributed by atoms with Crippen LogP contribution in [0.3, 0.4) is 0 Å². The van der Waals surface area contributed by atoms with E-state index in [2.05, 4.69) is 21.3 Å². The molecule has 0 saturated carbocycles. The molecule has 0 bridgehead atoms. The molecular formula is C29H40N4O4. The van der Waals surface area contributed by atoms with Crippen molar-refractivity contribution in [3.05, 3.63) is 71.8 Å². The van der Waals surface area contributed by atoms with Gasteiger partial charge >= 0.3 is 0 Å². The summed E-state index contributed by atoms with van der Waals surface area (Å²) in [6, 6.07) is 16.5. The Morgan fingerprint density at radius 3 is 1.22 bits per heavy atom. The Balaban J connectivity index is 1.43. The van der Waals surface area contributed by atoms with E-state index in [9.17, 15) is 19.2 Å². The first-order chi connectivity index (χ1) is 17.9. The second kappa shape index (κ2) is 16.9. The summed E-state index contributed by atoms with van der Waals surface area (Å²) < 4.78 is 0. The fraction of sp³-hybridized carbons (Fsp3) is 0.448. The van der Waals surface area contributed by atoms with Gasteiger partial charge in [-0.25, -0.2) is 0 Å². The zero-order valence-corrected chi connectivity index (χ0v) is 21.9. The van der Waals surface area contributed by atoms with E-state index >= 15 is 0 Å². The maximum Gasteiger partial charge on any atom is 0.251 e. The number of unbranched alkanes of at least 4 members (excludes halogenated alkanes) is 6. The van der Waals surface area contributed by atoms with Crippen molar-refractivity contribution < 1.29 is 19.2 Å². The Labute approximate surface area is 220 Å². The fourth-order valence-electron chi connectivity index (χ4n) is 3.73. The van der Waals surface area contributed by atoms with Crippen LogP contribution in [-0.2, 0) is 9.59 Å². The second-order valence-corrected chi connectivity index (χ2v) is 9.18. The van der Waals surface area contributed by atoms with Crippen LogP contribution >= 0.6 is 0 Å². The lowest BCUT2D eigenvalue weighted by molar-refractivity contribution is -0.123. The van der Waals surface area contributed by atoms with Gasteiger partial charge in [-0.05, 0) is 51.0 Å². The molecule has 0 unspecified atom stereocenters. The summed E-state index contributed by atoms with van der Waals surface area (Å²) >= 11 is 0. The molecule has 0 aliphatic rings. The van der Waals surface area contributed by atoms with E-state index in [1.807, 2.05) is 12.1 Å². The molecule has 0 radical (unpaired) electrons. The largest absolute Gasteiger partial charge is 0.354 e. The molecule has 2 aromatic carbocycles. The van der Waals surface area contributed by atoms with Crippen molar-refractivity contribution in [2.24, 2.45) is 0 Å². The zero-order chi connectivity index (χ0) is 26.9. The second-order valence-electron chi connectivity index (χ2n) is 9.18. The number of nitrogens with one attached hydrogen (secondary N) is 4. The predicted octanol–water partition coefficient (Wildman–Crippen LogP) is 3.59. The molecule has 0 spiro atoms. The minimum atomic E-state index is -0.587. The van der Waals surface area contributed by atoms with Gasteiger partial charge in [0.05, 0.1) is 0 Å². The molecule has 4 amide bonds. The summed E-state index contributed by atoms with van der Waals surface area (Å²) in [4.78, 5) is 48.6. The van der Waals surface area contributed by atoms with Gasteiger partial charge in [0.2, 0.25) is 11.8 Å².